The normalized spacial score (nSPS) is 17.9. The van der Waals surface area contributed by atoms with Gasteiger partial charge in [-0.05, 0) is 60.7 Å². The summed E-state index contributed by atoms with van der Waals surface area (Å²) in [7, 11) is 0. The van der Waals surface area contributed by atoms with Gasteiger partial charge in [-0.2, -0.15) is 0 Å². The Morgan fingerprint density at radius 1 is 1.21 bits per heavy atom. The van der Waals surface area contributed by atoms with Crippen LogP contribution in [-0.4, -0.2) is 30.0 Å². The number of fused-ring (bicyclic) bond motifs is 1. The molecule has 0 bridgehead atoms. The quantitative estimate of drug-likeness (QED) is 0.706. The highest BCUT2D eigenvalue weighted by atomic mass is 79.9. The van der Waals surface area contributed by atoms with Gasteiger partial charge in [-0.1, -0.05) is 41.4 Å². The zero-order valence-electron chi connectivity index (χ0n) is 14.1. The van der Waals surface area contributed by atoms with E-state index in [0.717, 1.165) is 53.2 Å². The van der Waals surface area contributed by atoms with E-state index in [9.17, 15) is 4.79 Å². The Balaban J connectivity index is 1.65. The number of hydrogen-bond acceptors (Lipinski definition) is 2. The maximum atomic E-state index is 12.6. The van der Waals surface area contributed by atoms with Crippen LogP contribution in [0.15, 0.2) is 40.9 Å². The number of ether oxygens (including phenoxy) is 1. The van der Waals surface area contributed by atoms with Gasteiger partial charge in [0, 0.05) is 17.1 Å². The summed E-state index contributed by atoms with van der Waals surface area (Å²) in [4.78, 5) is 14.6. The van der Waals surface area contributed by atoms with Crippen molar-refractivity contribution in [2.24, 2.45) is 0 Å². The summed E-state index contributed by atoms with van der Waals surface area (Å²) >= 11 is 3.49. The molecule has 3 nitrogen and oxygen atoms in total. The van der Waals surface area contributed by atoms with Gasteiger partial charge in [0.15, 0.2) is 6.61 Å². The molecule has 1 fully saturated rings. The van der Waals surface area contributed by atoms with Crippen molar-refractivity contribution >= 4 is 32.6 Å². The molecular weight excluding hydrogens is 366 g/mol. The van der Waals surface area contributed by atoms with Crippen LogP contribution in [0.2, 0.25) is 0 Å². The van der Waals surface area contributed by atoms with Gasteiger partial charge in [-0.3, -0.25) is 4.79 Å². The Bertz CT molecular complexity index is 714. The standard InChI is InChI=1S/C20H24BrNO2/c1-2-5-18-6-3-4-11-22(18)20(23)14-24-19-10-8-15-7-9-17(21)12-16(15)13-19/h7-10,12-13,18H,2-6,11,14H2,1H3. The van der Waals surface area contributed by atoms with E-state index in [0.29, 0.717) is 6.04 Å². The van der Waals surface area contributed by atoms with Crippen LogP contribution in [0, 0.1) is 0 Å². The number of likely N-dealkylation sites (tertiary alicyclic amines) is 1. The number of carbonyl (C=O) groups is 1. The Labute approximate surface area is 152 Å². The van der Waals surface area contributed by atoms with Crippen molar-refractivity contribution in [1.82, 2.24) is 4.90 Å². The summed E-state index contributed by atoms with van der Waals surface area (Å²) in [6, 6.07) is 12.5. The first-order valence-corrected chi connectivity index (χ1v) is 9.58. The van der Waals surface area contributed by atoms with Gasteiger partial charge >= 0.3 is 0 Å². The van der Waals surface area contributed by atoms with Crippen LogP contribution in [-0.2, 0) is 4.79 Å². The molecular formula is C20H24BrNO2. The Hall–Kier alpha value is -1.55. The fourth-order valence-electron chi connectivity index (χ4n) is 3.48. The molecule has 3 rings (SSSR count). The molecule has 0 N–H and O–H groups in total. The zero-order valence-corrected chi connectivity index (χ0v) is 15.7. The van der Waals surface area contributed by atoms with E-state index in [4.69, 9.17) is 4.74 Å². The van der Waals surface area contributed by atoms with Gasteiger partial charge in [0.05, 0.1) is 0 Å². The van der Waals surface area contributed by atoms with Gasteiger partial charge in [-0.15, -0.1) is 0 Å². The van der Waals surface area contributed by atoms with E-state index < -0.39 is 0 Å². The third-order valence-electron chi connectivity index (χ3n) is 4.71. The summed E-state index contributed by atoms with van der Waals surface area (Å²) in [6.07, 6.45) is 5.68. The minimum Gasteiger partial charge on any atom is -0.484 e. The average Bonchev–Trinajstić information content (AvgIpc) is 2.60. The van der Waals surface area contributed by atoms with Gasteiger partial charge in [0.1, 0.15) is 5.75 Å². The first-order chi connectivity index (χ1) is 11.7. The number of piperidine rings is 1. The molecule has 1 saturated heterocycles. The van der Waals surface area contributed by atoms with E-state index in [1.165, 1.54) is 6.42 Å². The molecule has 4 heteroatoms. The van der Waals surface area contributed by atoms with Crippen LogP contribution in [0.3, 0.4) is 0 Å². The first-order valence-electron chi connectivity index (χ1n) is 8.79. The fourth-order valence-corrected chi connectivity index (χ4v) is 3.85. The van der Waals surface area contributed by atoms with E-state index in [1.807, 2.05) is 29.2 Å². The fraction of sp³-hybridized carbons (Fsp3) is 0.450. The summed E-state index contributed by atoms with van der Waals surface area (Å²) in [5.74, 6) is 0.862. The highest BCUT2D eigenvalue weighted by Gasteiger charge is 2.26. The largest absolute Gasteiger partial charge is 0.484 e. The molecule has 1 heterocycles. The van der Waals surface area contributed by atoms with Crippen molar-refractivity contribution < 1.29 is 9.53 Å². The minimum absolute atomic E-state index is 0.113. The van der Waals surface area contributed by atoms with Crippen LogP contribution in [0.1, 0.15) is 39.0 Å². The lowest BCUT2D eigenvalue weighted by Crippen LogP contribution is -2.45. The van der Waals surface area contributed by atoms with Gasteiger partial charge in [-0.25, -0.2) is 0 Å². The summed E-state index contributed by atoms with van der Waals surface area (Å²) in [6.45, 7) is 3.18. The number of hydrogen-bond donors (Lipinski definition) is 0. The highest BCUT2D eigenvalue weighted by molar-refractivity contribution is 9.10. The first kappa shape index (κ1) is 17.3. The van der Waals surface area contributed by atoms with Crippen molar-refractivity contribution in [3.63, 3.8) is 0 Å². The average molecular weight is 390 g/mol. The van der Waals surface area contributed by atoms with Crippen LogP contribution in [0.5, 0.6) is 5.75 Å². The van der Waals surface area contributed by atoms with Crippen molar-refractivity contribution in [2.75, 3.05) is 13.2 Å². The van der Waals surface area contributed by atoms with Crippen molar-refractivity contribution in [2.45, 2.75) is 45.1 Å². The van der Waals surface area contributed by atoms with Crippen molar-refractivity contribution in [3.8, 4) is 5.75 Å². The van der Waals surface area contributed by atoms with Crippen LogP contribution in [0.4, 0.5) is 0 Å². The molecule has 24 heavy (non-hydrogen) atoms. The second-order valence-corrected chi connectivity index (χ2v) is 7.38. The monoisotopic (exact) mass is 389 g/mol. The number of halogens is 1. The lowest BCUT2D eigenvalue weighted by atomic mass is 9.98. The molecule has 0 aromatic heterocycles. The molecule has 1 atom stereocenters. The third kappa shape index (κ3) is 4.10. The highest BCUT2D eigenvalue weighted by Crippen LogP contribution is 2.25. The lowest BCUT2D eigenvalue weighted by Gasteiger charge is -2.35. The molecule has 0 radical (unpaired) electrons. The molecule has 0 aliphatic carbocycles. The smallest absolute Gasteiger partial charge is 0.260 e. The van der Waals surface area contributed by atoms with Crippen LogP contribution < -0.4 is 4.74 Å². The van der Waals surface area contributed by atoms with E-state index in [2.05, 4.69) is 35.0 Å². The van der Waals surface area contributed by atoms with Gasteiger partial charge < -0.3 is 9.64 Å². The minimum atomic E-state index is 0.113. The molecule has 0 saturated carbocycles. The molecule has 128 valence electrons. The second kappa shape index (κ2) is 8.02. The van der Waals surface area contributed by atoms with Crippen molar-refractivity contribution in [1.29, 1.82) is 0 Å². The van der Waals surface area contributed by atoms with Crippen molar-refractivity contribution in [3.05, 3.63) is 40.9 Å². The molecule has 2 aromatic rings. The summed E-state index contributed by atoms with van der Waals surface area (Å²) < 4.78 is 6.83. The molecule has 2 aromatic carbocycles. The zero-order chi connectivity index (χ0) is 16.9. The maximum absolute atomic E-state index is 12.6. The molecule has 1 amide bonds. The maximum Gasteiger partial charge on any atom is 0.260 e. The van der Waals surface area contributed by atoms with E-state index in [1.54, 1.807) is 0 Å². The Morgan fingerprint density at radius 3 is 2.88 bits per heavy atom. The SMILES string of the molecule is CCCC1CCCCN1C(=O)COc1ccc2ccc(Br)cc2c1. The lowest BCUT2D eigenvalue weighted by molar-refractivity contribution is -0.137. The third-order valence-corrected chi connectivity index (χ3v) is 5.20. The Morgan fingerprint density at radius 2 is 2.04 bits per heavy atom. The van der Waals surface area contributed by atoms with Crippen LogP contribution in [0.25, 0.3) is 10.8 Å². The van der Waals surface area contributed by atoms with Gasteiger partial charge in [0.2, 0.25) is 0 Å². The number of carbonyl (C=O) groups excluding carboxylic acids is 1. The predicted octanol–water partition coefficient (Wildman–Crippen LogP) is 5.16. The summed E-state index contributed by atoms with van der Waals surface area (Å²) in [5.41, 5.74) is 0. The number of nitrogens with zero attached hydrogens (tertiary/aromatic N) is 1. The van der Waals surface area contributed by atoms with Crippen LogP contribution >= 0.6 is 15.9 Å². The molecule has 1 aliphatic heterocycles. The van der Waals surface area contributed by atoms with E-state index in [-0.39, 0.29) is 12.5 Å². The predicted molar refractivity (Wildman–Crippen MR) is 101 cm³/mol. The number of benzene rings is 2. The van der Waals surface area contributed by atoms with Gasteiger partial charge in [0.25, 0.3) is 5.91 Å². The molecule has 0 spiro atoms. The molecule has 1 unspecified atom stereocenters. The topological polar surface area (TPSA) is 29.5 Å². The number of amides is 1. The number of rotatable bonds is 5. The summed E-state index contributed by atoms with van der Waals surface area (Å²) in [5, 5.41) is 2.27. The Kier molecular flexibility index (Phi) is 5.77. The second-order valence-electron chi connectivity index (χ2n) is 6.47. The van der Waals surface area contributed by atoms with E-state index >= 15 is 0 Å². The molecule has 1 aliphatic rings.